The topological polar surface area (TPSA) is 112 Å². The number of nitrogens with zero attached hydrogens (tertiary/aromatic N) is 1. The number of hydrogen-bond acceptors (Lipinski definition) is 7. The number of benzene rings is 2. The quantitative estimate of drug-likeness (QED) is 0.370. The van der Waals surface area contributed by atoms with E-state index in [4.69, 9.17) is 30.3 Å². The minimum absolute atomic E-state index is 0.0175. The molecule has 202 valence electrons. The van der Waals surface area contributed by atoms with Crippen molar-refractivity contribution in [1.82, 2.24) is 10.5 Å². The van der Waals surface area contributed by atoms with Crippen LogP contribution in [-0.4, -0.2) is 44.3 Å². The van der Waals surface area contributed by atoms with Crippen LogP contribution >= 0.6 is 11.6 Å². The number of carbonyl (C=O) groups is 2. The van der Waals surface area contributed by atoms with Gasteiger partial charge in [-0.05, 0) is 44.2 Å². The maximum absolute atomic E-state index is 14.5. The molecule has 4 rings (SSSR count). The van der Waals surface area contributed by atoms with Gasteiger partial charge in [0.05, 0.1) is 31.9 Å². The molecule has 38 heavy (non-hydrogen) atoms. The molecular formula is C27H29ClFN3O6. The van der Waals surface area contributed by atoms with Crippen LogP contribution in [0.4, 0.5) is 10.1 Å². The smallest absolute Gasteiger partial charge is 0.257 e. The molecule has 1 saturated carbocycles. The number of anilines is 1. The first-order valence-corrected chi connectivity index (χ1v) is 12.4. The van der Waals surface area contributed by atoms with Crippen molar-refractivity contribution in [3.05, 3.63) is 52.5 Å². The normalized spacial score (nSPS) is 16.7. The molecule has 0 bridgehead atoms. The van der Waals surface area contributed by atoms with Crippen LogP contribution in [0.2, 0.25) is 5.02 Å². The molecule has 0 aliphatic heterocycles. The Labute approximate surface area is 224 Å². The van der Waals surface area contributed by atoms with Crippen molar-refractivity contribution < 1.29 is 32.7 Å². The first-order valence-electron chi connectivity index (χ1n) is 12.1. The molecule has 3 aromatic rings. The minimum atomic E-state index is -0.598. The van der Waals surface area contributed by atoms with Gasteiger partial charge in [-0.25, -0.2) is 4.39 Å². The lowest BCUT2D eigenvalue weighted by Gasteiger charge is -2.16. The number of methoxy groups -OCH3 is 3. The largest absolute Gasteiger partial charge is 0.493 e. The Morgan fingerprint density at radius 2 is 1.84 bits per heavy atom. The monoisotopic (exact) mass is 545 g/mol. The first-order chi connectivity index (χ1) is 18.2. The predicted octanol–water partition coefficient (Wildman–Crippen LogP) is 5.40. The molecule has 0 unspecified atom stereocenters. The molecule has 1 aliphatic rings. The fourth-order valence-electron chi connectivity index (χ4n) is 4.81. The van der Waals surface area contributed by atoms with E-state index in [2.05, 4.69) is 15.8 Å². The summed E-state index contributed by atoms with van der Waals surface area (Å²) >= 11 is 6.18. The number of carbonyl (C=O) groups excluding carboxylic acids is 2. The summed E-state index contributed by atoms with van der Waals surface area (Å²) in [6.07, 6.45) is 2.37. The third kappa shape index (κ3) is 5.70. The van der Waals surface area contributed by atoms with Gasteiger partial charge in [0.1, 0.15) is 22.8 Å². The molecular weight excluding hydrogens is 517 g/mol. The zero-order chi connectivity index (χ0) is 27.4. The van der Waals surface area contributed by atoms with Crippen molar-refractivity contribution >= 4 is 29.1 Å². The second-order valence-electron chi connectivity index (χ2n) is 9.07. The third-order valence-corrected chi connectivity index (χ3v) is 6.90. The van der Waals surface area contributed by atoms with Crippen molar-refractivity contribution in [3.63, 3.8) is 0 Å². The van der Waals surface area contributed by atoms with E-state index in [1.807, 2.05) is 0 Å². The number of ether oxygens (including phenoxy) is 3. The summed E-state index contributed by atoms with van der Waals surface area (Å²) in [4.78, 5) is 25.9. The second-order valence-corrected chi connectivity index (χ2v) is 9.48. The fraction of sp³-hybridized carbons (Fsp3) is 0.370. The van der Waals surface area contributed by atoms with Crippen molar-refractivity contribution in [1.29, 1.82) is 0 Å². The number of amides is 2. The SMILES string of the molecule is COc1cc(NC(=O)C[C@@H]2CC[C@H](NC(=O)c3c(-c4c(F)cccc4Cl)noc3C)C2)cc(OC)c1OC. The average molecular weight is 546 g/mol. The van der Waals surface area contributed by atoms with Gasteiger partial charge in [-0.3, -0.25) is 9.59 Å². The lowest BCUT2D eigenvalue weighted by atomic mass is 10.0. The van der Waals surface area contributed by atoms with E-state index < -0.39 is 11.7 Å². The molecule has 2 amide bonds. The number of halogens is 2. The van der Waals surface area contributed by atoms with Crippen LogP contribution in [0.3, 0.4) is 0 Å². The average Bonchev–Trinajstić information content (AvgIpc) is 3.48. The van der Waals surface area contributed by atoms with Crippen LogP contribution in [0.25, 0.3) is 11.3 Å². The van der Waals surface area contributed by atoms with E-state index in [-0.39, 0.29) is 51.9 Å². The summed E-state index contributed by atoms with van der Waals surface area (Å²) in [6, 6.07) is 7.42. The van der Waals surface area contributed by atoms with E-state index in [0.29, 0.717) is 35.8 Å². The van der Waals surface area contributed by atoms with Crippen LogP contribution in [0.1, 0.15) is 41.8 Å². The molecule has 1 aromatic heterocycles. The maximum Gasteiger partial charge on any atom is 0.257 e. The number of aromatic nitrogens is 1. The highest BCUT2D eigenvalue weighted by Gasteiger charge is 2.31. The van der Waals surface area contributed by atoms with Crippen LogP contribution in [0, 0.1) is 18.7 Å². The summed E-state index contributed by atoms with van der Waals surface area (Å²) in [5.74, 6) is 0.456. The van der Waals surface area contributed by atoms with Crippen LogP contribution in [0.5, 0.6) is 17.2 Å². The number of nitrogens with one attached hydrogen (secondary N) is 2. The second kappa shape index (κ2) is 11.7. The van der Waals surface area contributed by atoms with Crippen molar-refractivity contribution in [2.45, 2.75) is 38.6 Å². The molecule has 2 N–H and O–H groups in total. The van der Waals surface area contributed by atoms with Crippen molar-refractivity contribution in [2.24, 2.45) is 5.92 Å². The highest BCUT2D eigenvalue weighted by Crippen LogP contribution is 2.40. The Kier molecular flexibility index (Phi) is 8.41. The highest BCUT2D eigenvalue weighted by molar-refractivity contribution is 6.33. The van der Waals surface area contributed by atoms with Gasteiger partial charge in [0.15, 0.2) is 11.5 Å². The number of hydrogen-bond donors (Lipinski definition) is 2. The number of aryl methyl sites for hydroxylation is 1. The van der Waals surface area contributed by atoms with Crippen LogP contribution < -0.4 is 24.8 Å². The minimum Gasteiger partial charge on any atom is -0.493 e. The van der Waals surface area contributed by atoms with Gasteiger partial charge in [-0.2, -0.15) is 0 Å². The van der Waals surface area contributed by atoms with Crippen LogP contribution in [-0.2, 0) is 4.79 Å². The molecule has 9 nitrogen and oxygen atoms in total. The molecule has 1 aliphatic carbocycles. The van der Waals surface area contributed by atoms with E-state index in [9.17, 15) is 14.0 Å². The maximum atomic E-state index is 14.5. The molecule has 11 heteroatoms. The third-order valence-electron chi connectivity index (χ3n) is 6.59. The molecule has 0 radical (unpaired) electrons. The predicted molar refractivity (Wildman–Crippen MR) is 140 cm³/mol. The number of rotatable bonds is 9. The summed E-state index contributed by atoms with van der Waals surface area (Å²) in [6.45, 7) is 1.59. The summed E-state index contributed by atoms with van der Waals surface area (Å²) < 4.78 is 35.7. The molecule has 1 heterocycles. The molecule has 1 fully saturated rings. The van der Waals surface area contributed by atoms with Crippen LogP contribution in [0.15, 0.2) is 34.9 Å². The zero-order valence-electron chi connectivity index (χ0n) is 21.5. The van der Waals surface area contributed by atoms with E-state index in [0.717, 1.165) is 6.42 Å². The molecule has 2 atom stereocenters. The summed E-state index contributed by atoms with van der Waals surface area (Å²) in [5, 5.41) is 9.89. The lowest BCUT2D eigenvalue weighted by molar-refractivity contribution is -0.117. The van der Waals surface area contributed by atoms with Gasteiger partial charge in [0, 0.05) is 30.3 Å². The van der Waals surface area contributed by atoms with E-state index >= 15 is 0 Å². The Morgan fingerprint density at radius 1 is 1.13 bits per heavy atom. The van der Waals surface area contributed by atoms with Gasteiger partial charge in [0.2, 0.25) is 11.7 Å². The standard InChI is InChI=1S/C27H29ClFN3O6/c1-14-23(25(32-38-14)24-18(28)6-5-7-19(24)29)27(34)31-16-9-8-15(10-16)11-22(33)30-17-12-20(35-2)26(37-4)21(13-17)36-3/h5-7,12-13,15-16H,8-11H2,1-4H3,(H,30,33)(H,31,34)/t15-,16+/m1/s1. The fourth-order valence-corrected chi connectivity index (χ4v) is 5.06. The van der Waals surface area contributed by atoms with E-state index in [1.54, 1.807) is 19.1 Å². The summed E-state index contributed by atoms with van der Waals surface area (Å²) in [5.41, 5.74) is 0.738. The molecule has 2 aromatic carbocycles. The van der Waals surface area contributed by atoms with E-state index in [1.165, 1.54) is 39.5 Å². The Balaban J connectivity index is 1.38. The molecule has 0 saturated heterocycles. The highest BCUT2D eigenvalue weighted by atomic mass is 35.5. The Bertz CT molecular complexity index is 1300. The Hall–Kier alpha value is -3.79. The first kappa shape index (κ1) is 27.3. The van der Waals surface area contributed by atoms with Crippen molar-refractivity contribution in [2.75, 3.05) is 26.6 Å². The zero-order valence-corrected chi connectivity index (χ0v) is 22.3. The lowest BCUT2D eigenvalue weighted by Crippen LogP contribution is -2.33. The van der Waals surface area contributed by atoms with Gasteiger partial charge in [-0.1, -0.05) is 22.8 Å². The Morgan fingerprint density at radius 3 is 2.47 bits per heavy atom. The van der Waals surface area contributed by atoms with Gasteiger partial charge >= 0.3 is 0 Å². The molecule has 0 spiro atoms. The van der Waals surface area contributed by atoms with Gasteiger partial charge < -0.3 is 29.4 Å². The summed E-state index contributed by atoms with van der Waals surface area (Å²) in [7, 11) is 4.52. The van der Waals surface area contributed by atoms with Gasteiger partial charge in [0.25, 0.3) is 5.91 Å². The van der Waals surface area contributed by atoms with Crippen molar-refractivity contribution in [3.8, 4) is 28.5 Å². The van der Waals surface area contributed by atoms with Gasteiger partial charge in [-0.15, -0.1) is 0 Å².